The molecule has 0 fully saturated rings. The van der Waals surface area contributed by atoms with E-state index in [-0.39, 0.29) is 23.7 Å². The van der Waals surface area contributed by atoms with Crippen molar-refractivity contribution in [2.24, 2.45) is 11.8 Å². The summed E-state index contributed by atoms with van der Waals surface area (Å²) in [5.41, 5.74) is 0. The van der Waals surface area contributed by atoms with Crippen molar-refractivity contribution in [2.45, 2.75) is 33.7 Å². The van der Waals surface area contributed by atoms with Crippen LogP contribution in [0.2, 0.25) is 0 Å². The fraction of sp³-hybridized carbons (Fsp3) is 0.778. The Balaban J connectivity index is 4.29. The highest BCUT2D eigenvalue weighted by atomic mass is 16.1. The molecule has 0 saturated carbocycles. The third kappa shape index (κ3) is 3.03. The molecule has 0 bridgehead atoms. The van der Waals surface area contributed by atoms with Crippen molar-refractivity contribution in [1.82, 2.24) is 5.32 Å². The summed E-state index contributed by atoms with van der Waals surface area (Å²) < 4.78 is 0. The molecule has 1 amide bonds. The van der Waals surface area contributed by atoms with Gasteiger partial charge in [-0.05, 0) is 5.92 Å². The third-order valence-corrected chi connectivity index (χ3v) is 1.79. The number of hydrogen-bond donors (Lipinski definition) is 1. The van der Waals surface area contributed by atoms with Crippen molar-refractivity contribution in [3.63, 3.8) is 0 Å². The van der Waals surface area contributed by atoms with E-state index >= 15 is 0 Å². The number of hydrogen-bond acceptors (Lipinski definition) is 2. The molecule has 3 nitrogen and oxygen atoms in total. The van der Waals surface area contributed by atoms with Crippen molar-refractivity contribution >= 4 is 12.2 Å². The van der Waals surface area contributed by atoms with Crippen molar-refractivity contribution in [3.05, 3.63) is 0 Å². The fourth-order valence-electron chi connectivity index (χ4n) is 1.04. The lowest BCUT2D eigenvalue weighted by molar-refractivity contribution is -0.127. The predicted molar refractivity (Wildman–Crippen MR) is 47.7 cm³/mol. The van der Waals surface area contributed by atoms with Crippen molar-refractivity contribution < 1.29 is 9.59 Å². The summed E-state index contributed by atoms with van der Waals surface area (Å²) in [4.78, 5) is 21.6. The monoisotopic (exact) mass is 171 g/mol. The van der Waals surface area contributed by atoms with E-state index in [1.54, 1.807) is 0 Å². The Morgan fingerprint density at radius 3 is 2.00 bits per heavy atom. The molecule has 0 aromatic carbocycles. The van der Waals surface area contributed by atoms with E-state index in [4.69, 9.17) is 0 Å². The van der Waals surface area contributed by atoms with Crippen molar-refractivity contribution in [2.75, 3.05) is 0 Å². The molecule has 1 atom stereocenters. The Bertz CT molecular complexity index is 164. The second-order valence-corrected chi connectivity index (χ2v) is 3.56. The van der Waals surface area contributed by atoms with Crippen molar-refractivity contribution in [1.29, 1.82) is 0 Å². The molecule has 1 unspecified atom stereocenters. The average molecular weight is 171 g/mol. The maximum atomic E-state index is 11.5. The second kappa shape index (κ2) is 4.91. The summed E-state index contributed by atoms with van der Waals surface area (Å²) in [5.74, 6) is 0.229. The first-order valence-corrected chi connectivity index (χ1v) is 4.24. The van der Waals surface area contributed by atoms with Gasteiger partial charge in [0, 0.05) is 5.92 Å². The molecule has 0 aromatic heterocycles. The summed E-state index contributed by atoms with van der Waals surface area (Å²) in [6, 6.07) is -0.331. The quantitative estimate of drug-likeness (QED) is 0.627. The van der Waals surface area contributed by atoms with Gasteiger partial charge >= 0.3 is 0 Å². The normalized spacial score (nSPS) is 13.2. The molecule has 0 aliphatic carbocycles. The van der Waals surface area contributed by atoms with Gasteiger partial charge in [0.05, 0.1) is 6.04 Å². The van der Waals surface area contributed by atoms with Gasteiger partial charge < -0.3 is 5.32 Å². The Hall–Kier alpha value is -0.860. The molecule has 1 N–H and O–H groups in total. The molecule has 0 aliphatic rings. The zero-order valence-corrected chi connectivity index (χ0v) is 8.13. The number of Topliss-reactive ketones (excluding diaryl/α,β-unsaturated/α-hetero) is 1. The van der Waals surface area contributed by atoms with E-state index in [2.05, 4.69) is 5.32 Å². The Morgan fingerprint density at radius 1 is 1.25 bits per heavy atom. The maximum Gasteiger partial charge on any atom is 0.207 e. The van der Waals surface area contributed by atoms with Gasteiger partial charge in [0.15, 0.2) is 5.78 Å². The molecule has 70 valence electrons. The lowest BCUT2D eigenvalue weighted by Crippen LogP contribution is -2.42. The van der Waals surface area contributed by atoms with Gasteiger partial charge in [-0.1, -0.05) is 27.7 Å². The molecule has 0 aromatic rings. The van der Waals surface area contributed by atoms with E-state index in [0.717, 1.165) is 0 Å². The summed E-state index contributed by atoms with van der Waals surface area (Å²) >= 11 is 0. The summed E-state index contributed by atoms with van der Waals surface area (Å²) in [6.45, 7) is 7.51. The van der Waals surface area contributed by atoms with Crippen LogP contribution in [0.15, 0.2) is 0 Å². The highest BCUT2D eigenvalue weighted by molar-refractivity contribution is 5.87. The number of carbonyl (C=O) groups is 2. The van der Waals surface area contributed by atoms with Crippen LogP contribution >= 0.6 is 0 Å². The van der Waals surface area contributed by atoms with E-state index in [9.17, 15) is 9.59 Å². The van der Waals surface area contributed by atoms with Gasteiger partial charge in [-0.2, -0.15) is 0 Å². The van der Waals surface area contributed by atoms with Crippen LogP contribution in [-0.4, -0.2) is 18.2 Å². The second-order valence-electron chi connectivity index (χ2n) is 3.56. The van der Waals surface area contributed by atoms with Crippen LogP contribution in [0, 0.1) is 11.8 Å². The minimum atomic E-state index is -0.331. The molecule has 0 radical (unpaired) electrons. The van der Waals surface area contributed by atoms with Gasteiger partial charge in [-0.3, -0.25) is 9.59 Å². The number of nitrogens with one attached hydrogen (secondary N) is 1. The van der Waals surface area contributed by atoms with Crippen LogP contribution in [0.25, 0.3) is 0 Å². The highest BCUT2D eigenvalue weighted by Crippen LogP contribution is 2.07. The summed E-state index contributed by atoms with van der Waals surface area (Å²) in [5, 5.41) is 2.53. The highest BCUT2D eigenvalue weighted by Gasteiger charge is 2.23. The molecular formula is C9H17NO2. The SMILES string of the molecule is CC(C)C(=O)C(NC=O)C(C)C. The standard InChI is InChI=1S/C9H17NO2/c1-6(2)8(10-5-11)9(12)7(3)4/h5-8H,1-4H3,(H,10,11). The predicted octanol–water partition coefficient (Wildman–Crippen LogP) is 0.982. The van der Waals surface area contributed by atoms with Crippen LogP contribution in [0.5, 0.6) is 0 Å². The van der Waals surface area contributed by atoms with E-state index in [0.29, 0.717) is 6.41 Å². The Labute approximate surface area is 73.5 Å². The molecular weight excluding hydrogens is 154 g/mol. The van der Waals surface area contributed by atoms with Gasteiger partial charge in [-0.15, -0.1) is 0 Å². The third-order valence-electron chi connectivity index (χ3n) is 1.79. The van der Waals surface area contributed by atoms with E-state index in [1.807, 2.05) is 27.7 Å². The van der Waals surface area contributed by atoms with Gasteiger partial charge in [0.1, 0.15) is 0 Å². The number of carbonyl (C=O) groups excluding carboxylic acids is 2. The molecule has 0 rings (SSSR count). The zero-order chi connectivity index (χ0) is 9.72. The number of rotatable bonds is 5. The van der Waals surface area contributed by atoms with Crippen molar-refractivity contribution in [3.8, 4) is 0 Å². The molecule has 0 aliphatic heterocycles. The van der Waals surface area contributed by atoms with Gasteiger partial charge in [0.2, 0.25) is 6.41 Å². The van der Waals surface area contributed by atoms with Crippen LogP contribution in [0.4, 0.5) is 0 Å². The lowest BCUT2D eigenvalue weighted by atomic mass is 9.93. The molecule has 3 heteroatoms. The largest absolute Gasteiger partial charge is 0.349 e. The summed E-state index contributed by atoms with van der Waals surface area (Å²) in [6.07, 6.45) is 0.588. The molecule has 0 spiro atoms. The van der Waals surface area contributed by atoms with Crippen LogP contribution in [0.3, 0.4) is 0 Å². The maximum absolute atomic E-state index is 11.5. The number of ketones is 1. The summed E-state index contributed by atoms with van der Waals surface area (Å²) in [7, 11) is 0. The first-order chi connectivity index (χ1) is 5.50. The van der Waals surface area contributed by atoms with Crippen LogP contribution < -0.4 is 5.32 Å². The topological polar surface area (TPSA) is 46.2 Å². The first-order valence-electron chi connectivity index (χ1n) is 4.24. The average Bonchev–Trinajstić information content (AvgIpc) is 1.98. The van der Waals surface area contributed by atoms with Gasteiger partial charge in [-0.25, -0.2) is 0 Å². The smallest absolute Gasteiger partial charge is 0.207 e. The minimum absolute atomic E-state index is 0.0233. The number of amides is 1. The van der Waals surface area contributed by atoms with Crippen LogP contribution in [0.1, 0.15) is 27.7 Å². The zero-order valence-electron chi connectivity index (χ0n) is 8.13. The van der Waals surface area contributed by atoms with Crippen LogP contribution in [-0.2, 0) is 9.59 Å². The van der Waals surface area contributed by atoms with Gasteiger partial charge in [0.25, 0.3) is 0 Å². The Kier molecular flexibility index (Phi) is 4.55. The molecule has 12 heavy (non-hydrogen) atoms. The lowest BCUT2D eigenvalue weighted by Gasteiger charge is -2.20. The molecule has 0 heterocycles. The molecule has 0 saturated heterocycles. The minimum Gasteiger partial charge on any atom is -0.349 e. The Morgan fingerprint density at radius 2 is 1.75 bits per heavy atom. The fourth-order valence-corrected chi connectivity index (χ4v) is 1.04. The van der Waals surface area contributed by atoms with E-state index in [1.165, 1.54) is 0 Å². The van der Waals surface area contributed by atoms with E-state index < -0.39 is 0 Å². The first kappa shape index (κ1) is 11.1.